The number of carbonyl (C=O) groups excluding carboxylic acids is 1. The van der Waals surface area contributed by atoms with Crippen LogP contribution in [0.2, 0.25) is 0 Å². The molecule has 0 spiro atoms. The molecule has 0 radical (unpaired) electrons. The average molecular weight is 485 g/mol. The lowest BCUT2D eigenvalue weighted by Gasteiger charge is -2.35. The van der Waals surface area contributed by atoms with Gasteiger partial charge in [-0.1, -0.05) is 20.8 Å². The molecule has 6 atom stereocenters. The molecule has 0 aromatic heterocycles. The standard InChI is InChI=1S/C25H40O9/c1-14(23(32-8)16(3)20(12-26)31-7)9-10-17-15(2)22(27)21-18(29-5)11-19(30-6)24(25(21)34-17)33-13-28-4/h11,14-17,20,23,26H,9-10,12-13H2,1-8H3. The number of Topliss-reactive ketones (excluding diaryl/α,β-unsaturated/α-hetero) is 1. The van der Waals surface area contributed by atoms with Crippen molar-refractivity contribution in [1.29, 1.82) is 0 Å². The smallest absolute Gasteiger partial charge is 0.207 e. The number of hydrogen-bond acceptors (Lipinski definition) is 9. The molecule has 1 aromatic rings. The number of hydrogen-bond donors (Lipinski definition) is 1. The van der Waals surface area contributed by atoms with E-state index in [1.54, 1.807) is 20.3 Å². The van der Waals surface area contributed by atoms with Gasteiger partial charge in [-0.15, -0.1) is 0 Å². The Hall–Kier alpha value is -2.07. The first-order valence-corrected chi connectivity index (χ1v) is 11.6. The Labute approximate surface area is 202 Å². The first kappa shape index (κ1) is 28.2. The molecule has 1 aliphatic heterocycles. The summed E-state index contributed by atoms with van der Waals surface area (Å²) in [5.74, 6) is 1.08. The highest BCUT2D eigenvalue weighted by molar-refractivity contribution is 6.05. The zero-order chi connectivity index (χ0) is 25.4. The summed E-state index contributed by atoms with van der Waals surface area (Å²) in [5.41, 5.74) is 0.348. The first-order chi connectivity index (χ1) is 16.3. The van der Waals surface area contributed by atoms with Crippen molar-refractivity contribution in [2.75, 3.05) is 48.9 Å². The Balaban J connectivity index is 2.29. The molecule has 1 aromatic carbocycles. The van der Waals surface area contributed by atoms with E-state index in [1.165, 1.54) is 21.3 Å². The fraction of sp³-hybridized carbons (Fsp3) is 0.720. The molecule has 2 rings (SSSR count). The molecule has 0 amide bonds. The highest BCUT2D eigenvalue weighted by Crippen LogP contribution is 2.49. The predicted octanol–water partition coefficient (Wildman–Crippen LogP) is 3.34. The Kier molecular flexibility index (Phi) is 10.9. The molecule has 194 valence electrons. The van der Waals surface area contributed by atoms with Crippen LogP contribution in [0.3, 0.4) is 0 Å². The highest BCUT2D eigenvalue weighted by Gasteiger charge is 2.40. The van der Waals surface area contributed by atoms with Crippen LogP contribution in [0.25, 0.3) is 0 Å². The lowest BCUT2D eigenvalue weighted by molar-refractivity contribution is -0.0684. The van der Waals surface area contributed by atoms with Gasteiger partial charge in [-0.25, -0.2) is 0 Å². The van der Waals surface area contributed by atoms with E-state index in [2.05, 4.69) is 6.92 Å². The zero-order valence-corrected chi connectivity index (χ0v) is 21.6. The number of carbonyl (C=O) groups is 1. The van der Waals surface area contributed by atoms with Crippen molar-refractivity contribution in [2.24, 2.45) is 17.8 Å². The summed E-state index contributed by atoms with van der Waals surface area (Å²) in [6.07, 6.45) is 0.566. The van der Waals surface area contributed by atoms with Crippen LogP contribution in [-0.4, -0.2) is 78.2 Å². The Bertz CT molecular complexity index is 793. The maximum absolute atomic E-state index is 13.4. The van der Waals surface area contributed by atoms with Gasteiger partial charge in [0.2, 0.25) is 5.75 Å². The predicted molar refractivity (Wildman–Crippen MR) is 126 cm³/mol. The van der Waals surface area contributed by atoms with Crippen LogP contribution in [0.1, 0.15) is 44.0 Å². The van der Waals surface area contributed by atoms with E-state index >= 15 is 0 Å². The summed E-state index contributed by atoms with van der Waals surface area (Å²) < 4.78 is 39.3. The minimum atomic E-state index is -0.375. The van der Waals surface area contributed by atoms with Crippen LogP contribution < -0.4 is 18.9 Å². The van der Waals surface area contributed by atoms with Crippen molar-refractivity contribution in [1.82, 2.24) is 0 Å². The Morgan fingerprint density at radius 2 is 1.74 bits per heavy atom. The number of benzene rings is 1. The summed E-state index contributed by atoms with van der Waals surface area (Å²) in [7, 11) is 7.78. The summed E-state index contributed by atoms with van der Waals surface area (Å²) in [4.78, 5) is 13.4. The SMILES string of the molecule is COCOc1c(OC)cc(OC)c2c1OC(CCC(C)C(OC)C(C)C(CO)OC)C(C)C2=O. The molecule has 1 heterocycles. The van der Waals surface area contributed by atoms with Gasteiger partial charge in [-0.3, -0.25) is 4.79 Å². The fourth-order valence-corrected chi connectivity index (χ4v) is 4.69. The quantitative estimate of drug-likeness (QED) is 0.398. The summed E-state index contributed by atoms with van der Waals surface area (Å²) in [6, 6.07) is 1.62. The molecule has 0 bridgehead atoms. The van der Waals surface area contributed by atoms with Crippen molar-refractivity contribution in [3.63, 3.8) is 0 Å². The third-order valence-corrected chi connectivity index (χ3v) is 6.74. The minimum absolute atomic E-state index is 0.00961. The van der Waals surface area contributed by atoms with E-state index in [0.29, 0.717) is 35.0 Å². The molecule has 34 heavy (non-hydrogen) atoms. The molecule has 9 heteroatoms. The van der Waals surface area contributed by atoms with Gasteiger partial charge in [0.25, 0.3) is 0 Å². The molecule has 0 saturated carbocycles. The topological polar surface area (TPSA) is 102 Å². The van der Waals surface area contributed by atoms with Crippen LogP contribution in [0.5, 0.6) is 23.0 Å². The minimum Gasteiger partial charge on any atom is -0.496 e. The van der Waals surface area contributed by atoms with E-state index in [0.717, 1.165) is 6.42 Å². The maximum atomic E-state index is 13.4. The molecule has 9 nitrogen and oxygen atoms in total. The Morgan fingerprint density at radius 1 is 1.06 bits per heavy atom. The summed E-state index contributed by atoms with van der Waals surface area (Å²) in [5, 5.41) is 9.61. The number of aliphatic hydroxyl groups is 1. The molecule has 1 N–H and O–H groups in total. The second-order valence-electron chi connectivity index (χ2n) is 8.75. The zero-order valence-electron chi connectivity index (χ0n) is 21.6. The third kappa shape index (κ3) is 5.94. The normalized spacial score (nSPS) is 21.1. The van der Waals surface area contributed by atoms with Crippen LogP contribution in [0.15, 0.2) is 6.07 Å². The van der Waals surface area contributed by atoms with Crippen LogP contribution in [0.4, 0.5) is 0 Å². The van der Waals surface area contributed by atoms with Gasteiger partial charge in [0, 0.05) is 33.3 Å². The van der Waals surface area contributed by atoms with E-state index in [9.17, 15) is 9.90 Å². The van der Waals surface area contributed by atoms with Gasteiger partial charge in [-0.05, 0) is 18.8 Å². The van der Waals surface area contributed by atoms with Gasteiger partial charge < -0.3 is 38.3 Å². The van der Waals surface area contributed by atoms with Gasteiger partial charge in [-0.2, -0.15) is 0 Å². The maximum Gasteiger partial charge on any atom is 0.207 e. The molecular weight excluding hydrogens is 444 g/mol. The number of methoxy groups -OCH3 is 5. The van der Waals surface area contributed by atoms with Gasteiger partial charge >= 0.3 is 0 Å². The van der Waals surface area contributed by atoms with Crippen LogP contribution >= 0.6 is 0 Å². The third-order valence-electron chi connectivity index (χ3n) is 6.74. The van der Waals surface area contributed by atoms with Gasteiger partial charge in [0.05, 0.1) is 39.0 Å². The largest absolute Gasteiger partial charge is 0.496 e. The van der Waals surface area contributed by atoms with Gasteiger partial charge in [0.15, 0.2) is 24.1 Å². The fourth-order valence-electron chi connectivity index (χ4n) is 4.69. The van der Waals surface area contributed by atoms with E-state index in [4.69, 9.17) is 33.2 Å². The molecule has 0 aliphatic carbocycles. The molecule has 6 unspecified atom stereocenters. The van der Waals surface area contributed by atoms with Gasteiger partial charge in [0.1, 0.15) is 17.4 Å². The van der Waals surface area contributed by atoms with Crippen LogP contribution in [-0.2, 0) is 14.2 Å². The van der Waals surface area contributed by atoms with Crippen molar-refractivity contribution in [2.45, 2.75) is 51.9 Å². The number of fused-ring (bicyclic) bond motifs is 1. The number of ether oxygens (including phenoxy) is 7. The van der Waals surface area contributed by atoms with E-state index in [1.807, 2.05) is 13.8 Å². The number of ketones is 1. The second kappa shape index (κ2) is 13.1. The molecule has 0 fully saturated rings. The van der Waals surface area contributed by atoms with Crippen molar-refractivity contribution in [3.05, 3.63) is 11.6 Å². The molecule has 0 saturated heterocycles. The first-order valence-electron chi connectivity index (χ1n) is 11.6. The lowest BCUT2D eigenvalue weighted by atomic mass is 9.83. The lowest BCUT2D eigenvalue weighted by Crippen LogP contribution is -2.40. The molecule has 1 aliphatic rings. The average Bonchev–Trinajstić information content (AvgIpc) is 2.84. The van der Waals surface area contributed by atoms with E-state index < -0.39 is 0 Å². The van der Waals surface area contributed by atoms with Crippen molar-refractivity contribution in [3.8, 4) is 23.0 Å². The number of aliphatic hydroxyl groups excluding tert-OH is 1. The van der Waals surface area contributed by atoms with Crippen LogP contribution in [0, 0.1) is 17.8 Å². The monoisotopic (exact) mass is 484 g/mol. The van der Waals surface area contributed by atoms with Crippen molar-refractivity contribution < 1.29 is 43.1 Å². The Morgan fingerprint density at radius 3 is 2.26 bits per heavy atom. The molecular formula is C25H40O9. The van der Waals surface area contributed by atoms with E-state index in [-0.39, 0.29) is 55.2 Å². The summed E-state index contributed by atoms with van der Waals surface area (Å²) >= 11 is 0. The second-order valence-corrected chi connectivity index (χ2v) is 8.75. The van der Waals surface area contributed by atoms with Crippen molar-refractivity contribution >= 4 is 5.78 Å². The highest BCUT2D eigenvalue weighted by atomic mass is 16.7. The number of rotatable bonds is 14. The summed E-state index contributed by atoms with van der Waals surface area (Å²) in [6.45, 7) is 5.86.